The predicted octanol–water partition coefficient (Wildman–Crippen LogP) is 3.20. The summed E-state index contributed by atoms with van der Waals surface area (Å²) < 4.78 is 28.8. The van der Waals surface area contributed by atoms with Crippen LogP contribution in [0.3, 0.4) is 0 Å². The Morgan fingerprint density at radius 2 is 1.93 bits per heavy atom. The molecule has 1 aromatic heterocycles. The molecule has 9 heteroatoms. The summed E-state index contributed by atoms with van der Waals surface area (Å²) in [5.74, 6) is 0.550. The van der Waals surface area contributed by atoms with Crippen molar-refractivity contribution in [1.29, 1.82) is 0 Å². The summed E-state index contributed by atoms with van der Waals surface area (Å²) in [6, 6.07) is 7.13. The fourth-order valence-electron chi connectivity index (χ4n) is 3.40. The van der Waals surface area contributed by atoms with Crippen LogP contribution in [0.2, 0.25) is 5.02 Å². The minimum atomic E-state index is -3.57. The lowest BCUT2D eigenvalue weighted by molar-refractivity contribution is 0.239. The van der Waals surface area contributed by atoms with Crippen molar-refractivity contribution >= 4 is 27.8 Å². The summed E-state index contributed by atoms with van der Waals surface area (Å²) in [7, 11) is 3.29. The molecule has 0 saturated carbocycles. The van der Waals surface area contributed by atoms with Crippen LogP contribution in [-0.2, 0) is 10.2 Å². The van der Waals surface area contributed by atoms with Crippen molar-refractivity contribution in [2.75, 3.05) is 39.6 Å². The van der Waals surface area contributed by atoms with Crippen molar-refractivity contribution in [2.45, 2.75) is 25.3 Å². The second-order valence-electron chi connectivity index (χ2n) is 7.29. The summed E-state index contributed by atoms with van der Waals surface area (Å²) in [6.45, 7) is 0.474. The number of hydrogen-bond donors (Lipinski definition) is 0. The molecule has 1 saturated heterocycles. The first-order chi connectivity index (χ1) is 13.2. The zero-order chi connectivity index (χ0) is 20.5. The van der Waals surface area contributed by atoms with E-state index >= 15 is 0 Å². The van der Waals surface area contributed by atoms with E-state index < -0.39 is 10.2 Å². The molecule has 152 valence electrons. The fraction of sp³-hybridized carbons (Fsp3) is 0.474. The van der Waals surface area contributed by atoms with Gasteiger partial charge in [-0.15, -0.1) is 0 Å². The van der Waals surface area contributed by atoms with Gasteiger partial charge in [0.25, 0.3) is 10.2 Å². The van der Waals surface area contributed by atoms with E-state index in [1.54, 1.807) is 24.6 Å². The third-order valence-corrected chi connectivity index (χ3v) is 7.06. The monoisotopic (exact) mass is 423 g/mol. The van der Waals surface area contributed by atoms with Crippen LogP contribution in [0.15, 0.2) is 30.5 Å². The van der Waals surface area contributed by atoms with Gasteiger partial charge in [-0.1, -0.05) is 30.2 Å². The van der Waals surface area contributed by atoms with Crippen LogP contribution in [0.4, 0.5) is 5.95 Å². The van der Waals surface area contributed by atoms with E-state index in [1.807, 2.05) is 43.3 Å². The Kier molecular flexibility index (Phi) is 6.24. The Hall–Kier alpha value is -1.74. The average molecular weight is 424 g/mol. The van der Waals surface area contributed by atoms with Crippen molar-refractivity contribution in [3.05, 3.63) is 41.2 Å². The molecule has 1 unspecified atom stereocenters. The van der Waals surface area contributed by atoms with Crippen LogP contribution >= 0.6 is 11.6 Å². The van der Waals surface area contributed by atoms with Gasteiger partial charge in [-0.3, -0.25) is 0 Å². The highest BCUT2D eigenvalue weighted by atomic mass is 35.5. The van der Waals surface area contributed by atoms with Gasteiger partial charge in [0, 0.05) is 51.5 Å². The maximum Gasteiger partial charge on any atom is 0.282 e. The third-order valence-electron chi connectivity index (χ3n) is 4.87. The standard InChI is InChI=1S/C19H26ClN5O2S/c1-23(2)19-21-13-16(14-8-7-9-15(20)12-14)18(22-19)17-10-5-6-11-25(17)28(26,27)24(3)4/h7-9,12-13,17H,5-6,10-11H2,1-4H3. The largest absolute Gasteiger partial charge is 0.347 e. The summed E-state index contributed by atoms with van der Waals surface area (Å²) in [4.78, 5) is 11.0. The molecule has 3 rings (SSSR count). The molecule has 1 fully saturated rings. The van der Waals surface area contributed by atoms with Crippen LogP contribution < -0.4 is 4.90 Å². The highest BCUT2D eigenvalue weighted by Gasteiger charge is 2.37. The zero-order valence-corrected chi connectivity index (χ0v) is 18.2. The van der Waals surface area contributed by atoms with E-state index in [0.717, 1.165) is 24.0 Å². The number of benzene rings is 1. The first-order valence-electron chi connectivity index (χ1n) is 9.21. The molecule has 0 spiro atoms. The maximum atomic E-state index is 13.0. The van der Waals surface area contributed by atoms with E-state index in [4.69, 9.17) is 16.6 Å². The molecule has 2 heterocycles. The quantitative estimate of drug-likeness (QED) is 0.738. The normalized spacial score (nSPS) is 18.4. The lowest BCUT2D eigenvalue weighted by atomic mass is 9.95. The van der Waals surface area contributed by atoms with Gasteiger partial charge < -0.3 is 4.90 Å². The van der Waals surface area contributed by atoms with E-state index in [1.165, 1.54) is 4.31 Å². The van der Waals surface area contributed by atoms with Gasteiger partial charge in [0.2, 0.25) is 5.95 Å². The molecule has 0 aliphatic carbocycles. The van der Waals surface area contributed by atoms with Crippen LogP contribution in [0.1, 0.15) is 31.0 Å². The highest BCUT2D eigenvalue weighted by Crippen LogP contribution is 2.38. The molecule has 7 nitrogen and oxygen atoms in total. The molecule has 0 radical (unpaired) electrons. The van der Waals surface area contributed by atoms with Gasteiger partial charge in [-0.2, -0.15) is 17.0 Å². The topological polar surface area (TPSA) is 69.6 Å². The lowest BCUT2D eigenvalue weighted by Crippen LogP contribution is -2.45. The number of rotatable bonds is 5. The number of aromatic nitrogens is 2. The number of hydrogen-bond acceptors (Lipinski definition) is 5. The van der Waals surface area contributed by atoms with Crippen molar-refractivity contribution < 1.29 is 8.42 Å². The van der Waals surface area contributed by atoms with E-state index in [0.29, 0.717) is 29.6 Å². The SMILES string of the molecule is CN(C)c1ncc(-c2cccc(Cl)c2)c(C2CCCCN2S(=O)(=O)N(C)C)n1. The summed E-state index contributed by atoms with van der Waals surface area (Å²) >= 11 is 6.20. The van der Waals surface area contributed by atoms with Crippen LogP contribution in [0.5, 0.6) is 0 Å². The van der Waals surface area contributed by atoms with Gasteiger partial charge in [0.1, 0.15) is 0 Å². The highest BCUT2D eigenvalue weighted by molar-refractivity contribution is 7.86. The smallest absolute Gasteiger partial charge is 0.282 e. The van der Waals surface area contributed by atoms with E-state index in [9.17, 15) is 8.42 Å². The molecule has 1 aliphatic rings. The Morgan fingerprint density at radius 3 is 2.57 bits per heavy atom. The zero-order valence-electron chi connectivity index (χ0n) is 16.6. The van der Waals surface area contributed by atoms with Gasteiger partial charge in [0.05, 0.1) is 11.7 Å². The van der Waals surface area contributed by atoms with Crippen molar-refractivity contribution in [2.24, 2.45) is 0 Å². The van der Waals surface area contributed by atoms with Crippen molar-refractivity contribution in [3.63, 3.8) is 0 Å². The number of nitrogens with zero attached hydrogens (tertiary/aromatic N) is 5. The summed E-state index contributed by atoms with van der Waals surface area (Å²) in [6.07, 6.45) is 4.25. The Morgan fingerprint density at radius 1 is 1.18 bits per heavy atom. The van der Waals surface area contributed by atoms with Crippen molar-refractivity contribution in [1.82, 2.24) is 18.6 Å². The van der Waals surface area contributed by atoms with Crippen LogP contribution in [0, 0.1) is 0 Å². The Labute approximate surface area is 172 Å². The lowest BCUT2D eigenvalue weighted by Gasteiger charge is -2.36. The fourth-order valence-corrected chi connectivity index (χ4v) is 4.89. The molecule has 2 aromatic rings. The summed E-state index contributed by atoms with van der Waals surface area (Å²) in [5.41, 5.74) is 2.39. The number of halogens is 1. The molecule has 1 aromatic carbocycles. The minimum absolute atomic E-state index is 0.350. The summed E-state index contributed by atoms with van der Waals surface area (Å²) in [5, 5.41) is 0.613. The van der Waals surface area contributed by atoms with Crippen LogP contribution in [-0.4, -0.2) is 61.7 Å². The second-order valence-corrected chi connectivity index (χ2v) is 9.82. The van der Waals surface area contributed by atoms with Gasteiger partial charge >= 0.3 is 0 Å². The molecular formula is C19H26ClN5O2S. The molecular weight excluding hydrogens is 398 g/mol. The molecule has 1 atom stereocenters. The number of anilines is 1. The Balaban J connectivity index is 2.18. The molecule has 0 bridgehead atoms. The van der Waals surface area contributed by atoms with E-state index in [-0.39, 0.29) is 6.04 Å². The maximum absolute atomic E-state index is 13.0. The third kappa shape index (κ3) is 4.15. The van der Waals surface area contributed by atoms with Gasteiger partial charge in [0.15, 0.2) is 0 Å². The predicted molar refractivity (Wildman–Crippen MR) is 113 cm³/mol. The van der Waals surface area contributed by atoms with Crippen molar-refractivity contribution in [3.8, 4) is 11.1 Å². The molecule has 28 heavy (non-hydrogen) atoms. The number of piperidine rings is 1. The van der Waals surface area contributed by atoms with Gasteiger partial charge in [-0.25, -0.2) is 9.97 Å². The molecule has 1 aliphatic heterocycles. The van der Waals surface area contributed by atoms with Gasteiger partial charge in [-0.05, 0) is 30.5 Å². The molecule has 0 N–H and O–H groups in total. The second kappa shape index (κ2) is 8.32. The Bertz CT molecular complexity index is 949. The molecule has 0 amide bonds. The van der Waals surface area contributed by atoms with E-state index in [2.05, 4.69) is 4.98 Å². The van der Waals surface area contributed by atoms with Crippen LogP contribution in [0.25, 0.3) is 11.1 Å². The first-order valence-corrected chi connectivity index (χ1v) is 11.0. The first kappa shape index (κ1) is 21.0. The average Bonchev–Trinajstić information content (AvgIpc) is 2.67. The minimum Gasteiger partial charge on any atom is -0.347 e.